The van der Waals surface area contributed by atoms with E-state index in [9.17, 15) is 14.4 Å². The van der Waals surface area contributed by atoms with Gasteiger partial charge in [0.05, 0.1) is 0 Å². The first kappa shape index (κ1) is 17.3. The molecule has 1 aromatic heterocycles. The quantitative estimate of drug-likeness (QED) is 0.816. The zero-order valence-electron chi connectivity index (χ0n) is 15.2. The van der Waals surface area contributed by atoms with E-state index in [0.29, 0.717) is 31.7 Å². The molecule has 2 aromatic rings. The zero-order chi connectivity index (χ0) is 19.2. The largest absolute Gasteiger partial charge is 0.355 e. The van der Waals surface area contributed by atoms with Crippen molar-refractivity contribution >= 4 is 17.8 Å². The fraction of sp³-hybridized carbons (Fsp3) is 0.368. The summed E-state index contributed by atoms with van der Waals surface area (Å²) in [7, 11) is 1.46. The molecule has 1 N–H and O–H groups in total. The van der Waals surface area contributed by atoms with Crippen LogP contribution in [0.5, 0.6) is 0 Å². The lowest BCUT2D eigenvalue weighted by Crippen LogP contribution is -2.55. The molecule has 0 saturated carbocycles. The molecule has 8 nitrogen and oxygen atoms in total. The summed E-state index contributed by atoms with van der Waals surface area (Å²) >= 11 is 0. The lowest BCUT2D eigenvalue weighted by molar-refractivity contribution is -0.131. The van der Waals surface area contributed by atoms with Crippen molar-refractivity contribution in [3.63, 3.8) is 0 Å². The van der Waals surface area contributed by atoms with E-state index in [4.69, 9.17) is 4.52 Å². The van der Waals surface area contributed by atoms with Crippen LogP contribution in [0.25, 0.3) is 11.3 Å². The summed E-state index contributed by atoms with van der Waals surface area (Å²) in [5, 5.41) is 6.67. The second-order valence-electron chi connectivity index (χ2n) is 7.11. The number of carbonyl (C=O) groups excluding carboxylic acids is 3. The number of aromatic nitrogens is 1. The van der Waals surface area contributed by atoms with E-state index < -0.39 is 5.54 Å². The van der Waals surface area contributed by atoms with E-state index in [1.54, 1.807) is 11.0 Å². The van der Waals surface area contributed by atoms with Crippen molar-refractivity contribution in [3.8, 4) is 11.3 Å². The van der Waals surface area contributed by atoms with Gasteiger partial charge >= 0.3 is 6.03 Å². The summed E-state index contributed by atoms with van der Waals surface area (Å²) in [5.41, 5.74) is 1.34. The highest BCUT2D eigenvalue weighted by molar-refractivity contribution is 6.07. The third-order valence-electron chi connectivity index (χ3n) is 5.33. The number of piperidine rings is 1. The van der Waals surface area contributed by atoms with Crippen molar-refractivity contribution in [3.05, 3.63) is 41.6 Å². The molecular weight excluding hydrogens is 348 g/mol. The number of amides is 4. The predicted octanol–water partition coefficient (Wildman–Crippen LogP) is 1.81. The molecule has 27 heavy (non-hydrogen) atoms. The predicted molar refractivity (Wildman–Crippen MR) is 95.8 cm³/mol. The molecule has 2 saturated heterocycles. The number of imide groups is 1. The van der Waals surface area contributed by atoms with E-state index in [1.807, 2.05) is 31.2 Å². The molecule has 1 spiro atoms. The average Bonchev–Trinajstić information content (AvgIpc) is 3.24. The minimum absolute atomic E-state index is 0.234. The second-order valence-corrected chi connectivity index (χ2v) is 7.11. The highest BCUT2D eigenvalue weighted by atomic mass is 16.5. The Balaban J connectivity index is 1.45. The van der Waals surface area contributed by atoms with Gasteiger partial charge in [0, 0.05) is 31.8 Å². The maximum absolute atomic E-state index is 12.7. The smallest absolute Gasteiger partial charge is 0.324 e. The number of hydrogen-bond donors (Lipinski definition) is 1. The molecule has 4 amide bonds. The average molecular weight is 368 g/mol. The first-order valence-electron chi connectivity index (χ1n) is 8.83. The van der Waals surface area contributed by atoms with Crippen LogP contribution in [0.4, 0.5) is 4.79 Å². The SMILES string of the molecule is Cc1ccc(-c2cc(C(=O)N3CCC4(CC3)NC(=O)N(C)C4=O)no2)cc1. The highest BCUT2D eigenvalue weighted by Crippen LogP contribution is 2.29. The zero-order valence-corrected chi connectivity index (χ0v) is 15.2. The third-order valence-corrected chi connectivity index (χ3v) is 5.33. The number of nitrogens with zero attached hydrogens (tertiary/aromatic N) is 3. The Hall–Kier alpha value is -3.16. The van der Waals surface area contributed by atoms with E-state index in [-0.39, 0.29) is 23.5 Å². The van der Waals surface area contributed by atoms with Crippen LogP contribution in [-0.4, -0.2) is 58.5 Å². The number of benzene rings is 1. The lowest BCUT2D eigenvalue weighted by atomic mass is 9.87. The molecule has 0 unspecified atom stereocenters. The van der Waals surface area contributed by atoms with Gasteiger partial charge in [-0.25, -0.2) is 4.79 Å². The molecule has 0 bridgehead atoms. The number of urea groups is 1. The maximum Gasteiger partial charge on any atom is 0.324 e. The standard InChI is InChI=1S/C19H20N4O4/c1-12-3-5-13(6-4-12)15-11-14(21-27-15)16(24)23-9-7-19(8-10-23)17(25)22(2)18(26)20-19/h3-6,11H,7-10H2,1-2H3,(H,20,26). The van der Waals surface area contributed by atoms with Gasteiger partial charge in [-0.2, -0.15) is 0 Å². The molecule has 1 aromatic carbocycles. The third kappa shape index (κ3) is 2.87. The van der Waals surface area contributed by atoms with Gasteiger partial charge in [0.15, 0.2) is 11.5 Å². The molecule has 8 heteroatoms. The van der Waals surface area contributed by atoms with Crippen molar-refractivity contribution in [1.82, 2.24) is 20.3 Å². The minimum atomic E-state index is -0.889. The Morgan fingerprint density at radius 2 is 1.85 bits per heavy atom. The van der Waals surface area contributed by atoms with Gasteiger partial charge in [-0.15, -0.1) is 0 Å². The van der Waals surface area contributed by atoms with Gasteiger partial charge in [0.2, 0.25) is 0 Å². The number of carbonyl (C=O) groups is 3. The summed E-state index contributed by atoms with van der Waals surface area (Å²) in [6, 6.07) is 9.01. The van der Waals surface area contributed by atoms with Crippen LogP contribution in [0.1, 0.15) is 28.9 Å². The van der Waals surface area contributed by atoms with E-state index in [0.717, 1.165) is 16.0 Å². The van der Waals surface area contributed by atoms with Crippen molar-refractivity contribution in [2.75, 3.05) is 20.1 Å². The molecule has 140 valence electrons. The molecule has 2 aliphatic rings. The monoisotopic (exact) mass is 368 g/mol. The number of hydrogen-bond acceptors (Lipinski definition) is 5. The molecule has 0 aliphatic carbocycles. The number of rotatable bonds is 2. The van der Waals surface area contributed by atoms with Crippen LogP contribution >= 0.6 is 0 Å². The Kier molecular flexibility index (Phi) is 3.98. The Morgan fingerprint density at radius 3 is 2.44 bits per heavy atom. The van der Waals surface area contributed by atoms with Crippen LogP contribution in [-0.2, 0) is 4.79 Å². The van der Waals surface area contributed by atoms with E-state index in [1.165, 1.54) is 7.05 Å². The molecular formula is C19H20N4O4. The summed E-state index contributed by atoms with van der Waals surface area (Å²) in [5.74, 6) is 0.0615. The van der Waals surface area contributed by atoms with Crippen molar-refractivity contribution < 1.29 is 18.9 Å². The first-order chi connectivity index (χ1) is 12.9. The van der Waals surface area contributed by atoms with Crippen molar-refractivity contribution in [1.29, 1.82) is 0 Å². The van der Waals surface area contributed by atoms with Crippen LogP contribution in [0.2, 0.25) is 0 Å². The fourth-order valence-electron chi connectivity index (χ4n) is 3.58. The van der Waals surface area contributed by atoms with Crippen molar-refractivity contribution in [2.45, 2.75) is 25.3 Å². The van der Waals surface area contributed by atoms with Crippen molar-refractivity contribution in [2.24, 2.45) is 0 Å². The molecule has 4 rings (SSSR count). The van der Waals surface area contributed by atoms with Crippen LogP contribution in [0.3, 0.4) is 0 Å². The number of likely N-dealkylation sites (N-methyl/N-ethyl adjacent to an activating group) is 1. The maximum atomic E-state index is 12.7. The second kappa shape index (κ2) is 6.22. The van der Waals surface area contributed by atoms with Gasteiger partial charge < -0.3 is 14.7 Å². The van der Waals surface area contributed by atoms with Gasteiger partial charge in [-0.05, 0) is 19.8 Å². The molecule has 0 radical (unpaired) electrons. The Labute approximate surface area is 156 Å². The van der Waals surface area contributed by atoms with E-state index in [2.05, 4.69) is 10.5 Å². The highest BCUT2D eigenvalue weighted by Gasteiger charge is 2.51. The minimum Gasteiger partial charge on any atom is -0.355 e. The molecule has 3 heterocycles. The summed E-state index contributed by atoms with van der Waals surface area (Å²) in [6.45, 7) is 2.73. The fourth-order valence-corrected chi connectivity index (χ4v) is 3.58. The molecule has 0 atom stereocenters. The Bertz CT molecular complexity index is 910. The summed E-state index contributed by atoms with van der Waals surface area (Å²) in [4.78, 5) is 39.6. The normalized spacial score (nSPS) is 18.9. The summed E-state index contributed by atoms with van der Waals surface area (Å²) in [6.07, 6.45) is 0.770. The number of nitrogens with one attached hydrogen (secondary N) is 1. The number of aryl methyl sites for hydroxylation is 1. The van der Waals surface area contributed by atoms with Gasteiger partial charge in [-0.3, -0.25) is 14.5 Å². The van der Waals surface area contributed by atoms with Crippen LogP contribution in [0, 0.1) is 6.92 Å². The summed E-state index contributed by atoms with van der Waals surface area (Å²) < 4.78 is 5.33. The first-order valence-corrected chi connectivity index (χ1v) is 8.83. The van der Waals surface area contributed by atoms with E-state index >= 15 is 0 Å². The Morgan fingerprint density at radius 1 is 1.19 bits per heavy atom. The van der Waals surface area contributed by atoms with Gasteiger partial charge in [0.25, 0.3) is 11.8 Å². The lowest BCUT2D eigenvalue weighted by Gasteiger charge is -2.36. The molecule has 2 fully saturated rings. The number of likely N-dealkylation sites (tertiary alicyclic amines) is 1. The van der Waals surface area contributed by atoms with Crippen LogP contribution < -0.4 is 5.32 Å². The molecule has 2 aliphatic heterocycles. The van der Waals surface area contributed by atoms with Crippen LogP contribution in [0.15, 0.2) is 34.9 Å². The van der Waals surface area contributed by atoms with Gasteiger partial charge in [0.1, 0.15) is 5.54 Å². The topological polar surface area (TPSA) is 95.8 Å². The van der Waals surface area contributed by atoms with Gasteiger partial charge in [-0.1, -0.05) is 35.0 Å².